The van der Waals surface area contributed by atoms with E-state index in [1.165, 1.54) is 4.90 Å². The van der Waals surface area contributed by atoms with E-state index in [4.69, 9.17) is 0 Å². The molecular formula is C19H16N2O3. The molecule has 0 fully saturated rings. The number of aromatic nitrogens is 1. The fraction of sp³-hybridized carbons (Fsp3) is 0.158. The van der Waals surface area contributed by atoms with Crippen LogP contribution in [0.2, 0.25) is 0 Å². The normalized spacial score (nSPS) is 18.0. The molecule has 1 amide bonds. The monoisotopic (exact) mass is 320 g/mol. The van der Waals surface area contributed by atoms with Crippen LogP contribution in [0.25, 0.3) is 10.9 Å². The summed E-state index contributed by atoms with van der Waals surface area (Å²) in [5.74, 6) is -1.25. The van der Waals surface area contributed by atoms with E-state index in [0.29, 0.717) is 5.56 Å². The molecule has 2 heterocycles. The molecule has 5 nitrogen and oxygen atoms in total. The van der Waals surface area contributed by atoms with Gasteiger partial charge in [0.1, 0.15) is 6.04 Å². The number of H-pyrrole nitrogens is 1. The van der Waals surface area contributed by atoms with Crippen molar-refractivity contribution in [3.05, 3.63) is 71.4 Å². The quantitative estimate of drug-likeness (QED) is 0.778. The standard InChI is InChI=1S/C19H16N2O3/c1-11(19(23)24)21-17(13-7-2-3-8-14(13)18(21)22)15-10-20-16-9-5-4-6-12(15)16/h2-11,17,20H,1H3,(H,23,24)/t11-,17+/m0/s1. The van der Waals surface area contributed by atoms with Gasteiger partial charge in [0.2, 0.25) is 0 Å². The highest BCUT2D eigenvalue weighted by molar-refractivity contribution is 6.02. The second kappa shape index (κ2) is 5.23. The molecule has 2 atom stereocenters. The number of aliphatic carboxylic acids is 1. The van der Waals surface area contributed by atoms with Crippen LogP contribution in [0.4, 0.5) is 0 Å². The molecular weight excluding hydrogens is 304 g/mol. The van der Waals surface area contributed by atoms with Crippen LogP contribution in [0.3, 0.4) is 0 Å². The zero-order valence-electron chi connectivity index (χ0n) is 13.1. The summed E-state index contributed by atoms with van der Waals surface area (Å²) < 4.78 is 0. The maximum Gasteiger partial charge on any atom is 0.326 e. The molecule has 120 valence electrons. The van der Waals surface area contributed by atoms with E-state index < -0.39 is 18.1 Å². The summed E-state index contributed by atoms with van der Waals surface area (Å²) in [6, 6.07) is 13.8. The number of carbonyl (C=O) groups excluding carboxylic acids is 1. The summed E-state index contributed by atoms with van der Waals surface area (Å²) >= 11 is 0. The maximum atomic E-state index is 12.8. The highest BCUT2D eigenvalue weighted by Crippen LogP contribution is 2.42. The molecule has 0 radical (unpaired) electrons. The van der Waals surface area contributed by atoms with Crippen LogP contribution in [-0.2, 0) is 4.79 Å². The highest BCUT2D eigenvalue weighted by atomic mass is 16.4. The first-order valence-corrected chi connectivity index (χ1v) is 7.80. The van der Waals surface area contributed by atoms with Crippen LogP contribution in [0.5, 0.6) is 0 Å². The van der Waals surface area contributed by atoms with Gasteiger partial charge in [0.05, 0.1) is 6.04 Å². The van der Waals surface area contributed by atoms with E-state index in [1.807, 2.05) is 42.6 Å². The average Bonchev–Trinajstić information content (AvgIpc) is 3.13. The van der Waals surface area contributed by atoms with Gasteiger partial charge in [-0.2, -0.15) is 0 Å². The third kappa shape index (κ3) is 1.94. The van der Waals surface area contributed by atoms with Gasteiger partial charge in [-0.25, -0.2) is 4.79 Å². The van der Waals surface area contributed by atoms with Gasteiger partial charge in [-0.1, -0.05) is 36.4 Å². The zero-order valence-corrected chi connectivity index (χ0v) is 13.1. The Balaban J connectivity index is 1.95. The SMILES string of the molecule is C[C@@H](C(=O)O)N1C(=O)c2ccccc2[C@@H]1c1c[nH]c2ccccc12. The Morgan fingerprint density at radius 1 is 1.12 bits per heavy atom. The Bertz CT molecular complexity index is 960. The Morgan fingerprint density at radius 2 is 1.83 bits per heavy atom. The number of hydrogen-bond donors (Lipinski definition) is 2. The number of rotatable bonds is 3. The molecule has 5 heteroatoms. The third-order valence-electron chi connectivity index (χ3n) is 4.69. The number of nitrogens with zero attached hydrogens (tertiary/aromatic N) is 1. The maximum absolute atomic E-state index is 12.8. The number of amides is 1. The summed E-state index contributed by atoms with van der Waals surface area (Å²) in [5.41, 5.74) is 3.30. The summed E-state index contributed by atoms with van der Waals surface area (Å²) in [5, 5.41) is 10.5. The second-order valence-corrected chi connectivity index (χ2v) is 6.01. The minimum atomic E-state index is -1.01. The lowest BCUT2D eigenvalue weighted by atomic mass is 9.97. The van der Waals surface area contributed by atoms with Crippen LogP contribution >= 0.6 is 0 Å². The molecule has 1 aromatic heterocycles. The van der Waals surface area contributed by atoms with E-state index in [0.717, 1.165) is 22.0 Å². The van der Waals surface area contributed by atoms with Gasteiger partial charge in [-0.3, -0.25) is 4.79 Å². The predicted octanol–water partition coefficient (Wildman–Crippen LogP) is 3.19. The predicted molar refractivity (Wildman–Crippen MR) is 89.9 cm³/mol. The molecule has 0 unspecified atom stereocenters. The van der Waals surface area contributed by atoms with Crippen molar-refractivity contribution in [2.45, 2.75) is 19.0 Å². The Morgan fingerprint density at radius 3 is 2.62 bits per heavy atom. The highest BCUT2D eigenvalue weighted by Gasteiger charge is 2.42. The second-order valence-electron chi connectivity index (χ2n) is 6.01. The molecule has 24 heavy (non-hydrogen) atoms. The van der Waals surface area contributed by atoms with Crippen LogP contribution < -0.4 is 0 Å². The lowest BCUT2D eigenvalue weighted by molar-refractivity contribution is -0.142. The number of carbonyl (C=O) groups is 2. The zero-order chi connectivity index (χ0) is 16.8. The number of para-hydroxylation sites is 1. The molecule has 3 aromatic rings. The molecule has 0 bridgehead atoms. The van der Waals surface area contributed by atoms with Gasteiger partial charge in [-0.15, -0.1) is 0 Å². The molecule has 0 saturated carbocycles. The fourth-order valence-electron chi connectivity index (χ4n) is 3.49. The fourth-order valence-corrected chi connectivity index (χ4v) is 3.49. The topological polar surface area (TPSA) is 73.4 Å². The van der Waals surface area contributed by atoms with Crippen molar-refractivity contribution < 1.29 is 14.7 Å². The molecule has 1 aliphatic rings. The first-order valence-electron chi connectivity index (χ1n) is 7.80. The van der Waals surface area contributed by atoms with Crippen LogP contribution in [-0.4, -0.2) is 32.9 Å². The summed E-state index contributed by atoms with van der Waals surface area (Å²) in [6.07, 6.45) is 1.87. The van der Waals surface area contributed by atoms with Crippen LogP contribution in [0.15, 0.2) is 54.7 Å². The van der Waals surface area contributed by atoms with Gasteiger partial charge in [0.25, 0.3) is 5.91 Å². The molecule has 1 aliphatic heterocycles. The molecule has 4 rings (SSSR count). The number of benzene rings is 2. The van der Waals surface area contributed by atoms with E-state index >= 15 is 0 Å². The minimum Gasteiger partial charge on any atom is -0.480 e. The van der Waals surface area contributed by atoms with Crippen molar-refractivity contribution >= 4 is 22.8 Å². The number of aromatic amines is 1. The van der Waals surface area contributed by atoms with Gasteiger partial charge >= 0.3 is 5.97 Å². The van der Waals surface area contributed by atoms with Crippen molar-refractivity contribution in [1.29, 1.82) is 0 Å². The molecule has 0 saturated heterocycles. The molecule has 0 aliphatic carbocycles. The molecule has 2 N–H and O–H groups in total. The lowest BCUT2D eigenvalue weighted by Gasteiger charge is -2.28. The first kappa shape index (κ1) is 14.5. The number of hydrogen-bond acceptors (Lipinski definition) is 2. The number of carboxylic acids is 1. The van der Waals surface area contributed by atoms with Gasteiger partial charge in [0, 0.05) is 28.2 Å². The van der Waals surface area contributed by atoms with E-state index in [9.17, 15) is 14.7 Å². The van der Waals surface area contributed by atoms with Gasteiger partial charge in [0.15, 0.2) is 0 Å². The van der Waals surface area contributed by atoms with E-state index in [-0.39, 0.29) is 5.91 Å². The molecule has 0 spiro atoms. The Hall–Kier alpha value is -3.08. The largest absolute Gasteiger partial charge is 0.480 e. The average molecular weight is 320 g/mol. The first-order chi connectivity index (χ1) is 11.6. The van der Waals surface area contributed by atoms with E-state index in [1.54, 1.807) is 19.1 Å². The van der Waals surface area contributed by atoms with Crippen molar-refractivity contribution in [2.75, 3.05) is 0 Å². The summed E-state index contributed by atoms with van der Waals surface area (Å²) in [4.78, 5) is 29.1. The summed E-state index contributed by atoms with van der Waals surface area (Å²) in [7, 11) is 0. The van der Waals surface area contributed by atoms with Gasteiger partial charge in [-0.05, 0) is 24.6 Å². The number of nitrogens with one attached hydrogen (secondary N) is 1. The third-order valence-corrected chi connectivity index (χ3v) is 4.69. The van der Waals surface area contributed by atoms with E-state index in [2.05, 4.69) is 4.98 Å². The van der Waals surface area contributed by atoms with Crippen molar-refractivity contribution in [3.8, 4) is 0 Å². The lowest BCUT2D eigenvalue weighted by Crippen LogP contribution is -2.41. The van der Waals surface area contributed by atoms with Crippen molar-refractivity contribution in [3.63, 3.8) is 0 Å². The Labute approximate surface area is 138 Å². The van der Waals surface area contributed by atoms with Gasteiger partial charge < -0.3 is 15.0 Å². The molecule has 2 aromatic carbocycles. The number of fused-ring (bicyclic) bond motifs is 2. The Kier molecular flexibility index (Phi) is 3.16. The van der Waals surface area contributed by atoms with Crippen molar-refractivity contribution in [1.82, 2.24) is 9.88 Å². The summed E-state index contributed by atoms with van der Waals surface area (Å²) in [6.45, 7) is 1.55. The van der Waals surface area contributed by atoms with Crippen molar-refractivity contribution in [2.24, 2.45) is 0 Å². The minimum absolute atomic E-state index is 0.240. The number of carboxylic acid groups (broad SMARTS) is 1. The smallest absolute Gasteiger partial charge is 0.326 e. The van der Waals surface area contributed by atoms with Crippen LogP contribution in [0.1, 0.15) is 34.5 Å². The van der Waals surface area contributed by atoms with Crippen LogP contribution in [0, 0.1) is 0 Å².